The monoisotopic (exact) mass is 225 g/mol. The van der Waals surface area contributed by atoms with Crippen molar-refractivity contribution in [1.82, 2.24) is 0 Å². The van der Waals surface area contributed by atoms with Crippen molar-refractivity contribution < 1.29 is 0 Å². The standard InChI is InChI=1S/C11H11NS.ClH/c1-2-10(12)9-7-13-11-6-4-3-5-8(9)11;/h2-7,10H,1,12H2;1H/t10-;/m1./s1. The van der Waals surface area contributed by atoms with Gasteiger partial charge in [0.05, 0.1) is 0 Å². The van der Waals surface area contributed by atoms with E-state index in [-0.39, 0.29) is 18.4 Å². The summed E-state index contributed by atoms with van der Waals surface area (Å²) < 4.78 is 1.29. The van der Waals surface area contributed by atoms with Crippen molar-refractivity contribution in [3.8, 4) is 0 Å². The zero-order chi connectivity index (χ0) is 9.26. The maximum atomic E-state index is 5.89. The molecule has 0 spiro atoms. The van der Waals surface area contributed by atoms with Gasteiger partial charge >= 0.3 is 0 Å². The normalized spacial score (nSPS) is 12.1. The van der Waals surface area contributed by atoms with E-state index in [2.05, 4.69) is 24.1 Å². The summed E-state index contributed by atoms with van der Waals surface area (Å²) in [7, 11) is 0. The zero-order valence-corrected chi connectivity index (χ0v) is 9.28. The fraction of sp³-hybridized carbons (Fsp3) is 0.0909. The molecule has 0 aliphatic rings. The third-order valence-corrected chi connectivity index (χ3v) is 3.11. The number of nitrogens with two attached hydrogens (primary N) is 1. The molecule has 2 rings (SSSR count). The summed E-state index contributed by atoms with van der Waals surface area (Å²) in [5, 5.41) is 3.36. The van der Waals surface area contributed by atoms with Crippen LogP contribution in [0.25, 0.3) is 10.1 Å². The van der Waals surface area contributed by atoms with Crippen molar-refractivity contribution in [3.05, 3.63) is 47.9 Å². The Bertz CT molecular complexity index is 436. The second kappa shape index (κ2) is 4.60. The van der Waals surface area contributed by atoms with Gasteiger partial charge in [-0.25, -0.2) is 0 Å². The van der Waals surface area contributed by atoms with E-state index in [1.54, 1.807) is 17.4 Å². The van der Waals surface area contributed by atoms with E-state index < -0.39 is 0 Å². The molecular formula is C11H12ClNS. The molecule has 0 aliphatic heterocycles. The van der Waals surface area contributed by atoms with Crippen LogP contribution in [0.15, 0.2) is 42.3 Å². The summed E-state index contributed by atoms with van der Waals surface area (Å²) in [6.07, 6.45) is 1.77. The summed E-state index contributed by atoms with van der Waals surface area (Å²) in [6.45, 7) is 3.70. The molecule has 1 nitrogen and oxygen atoms in total. The molecule has 14 heavy (non-hydrogen) atoms. The number of benzene rings is 1. The van der Waals surface area contributed by atoms with Crippen LogP contribution in [0.4, 0.5) is 0 Å². The fourth-order valence-corrected chi connectivity index (χ4v) is 2.39. The Balaban J connectivity index is 0.000000980. The van der Waals surface area contributed by atoms with Crippen LogP contribution < -0.4 is 5.73 Å². The number of hydrogen-bond donors (Lipinski definition) is 1. The van der Waals surface area contributed by atoms with Crippen LogP contribution in [0.1, 0.15) is 11.6 Å². The molecule has 0 saturated heterocycles. The highest BCUT2D eigenvalue weighted by molar-refractivity contribution is 7.17. The highest BCUT2D eigenvalue weighted by Gasteiger charge is 2.07. The van der Waals surface area contributed by atoms with E-state index in [4.69, 9.17) is 5.73 Å². The second-order valence-corrected chi connectivity index (χ2v) is 3.86. The molecule has 0 radical (unpaired) electrons. The smallest absolute Gasteiger partial charge is 0.0493 e. The molecule has 0 saturated carbocycles. The van der Waals surface area contributed by atoms with E-state index in [1.165, 1.54) is 15.6 Å². The van der Waals surface area contributed by atoms with Gasteiger partial charge in [0.15, 0.2) is 0 Å². The Morgan fingerprint density at radius 3 is 2.79 bits per heavy atom. The maximum Gasteiger partial charge on any atom is 0.0493 e. The van der Waals surface area contributed by atoms with E-state index in [1.807, 2.05) is 12.1 Å². The van der Waals surface area contributed by atoms with Gasteiger partial charge in [-0.05, 0) is 22.4 Å². The predicted octanol–water partition coefficient (Wildman–Crippen LogP) is 3.51. The van der Waals surface area contributed by atoms with Crippen molar-refractivity contribution >= 4 is 33.8 Å². The molecule has 1 heterocycles. The van der Waals surface area contributed by atoms with Gasteiger partial charge < -0.3 is 5.73 Å². The first-order valence-electron chi connectivity index (χ1n) is 4.17. The Kier molecular flexibility index (Phi) is 3.69. The van der Waals surface area contributed by atoms with Crippen LogP contribution in [-0.4, -0.2) is 0 Å². The minimum Gasteiger partial charge on any atom is -0.321 e. The summed E-state index contributed by atoms with van der Waals surface area (Å²) in [5.74, 6) is 0. The van der Waals surface area contributed by atoms with Crippen molar-refractivity contribution in [2.75, 3.05) is 0 Å². The van der Waals surface area contributed by atoms with Crippen LogP contribution in [0, 0.1) is 0 Å². The summed E-state index contributed by atoms with van der Waals surface area (Å²) >= 11 is 1.73. The Hall–Kier alpha value is -0.830. The largest absolute Gasteiger partial charge is 0.321 e. The van der Waals surface area contributed by atoms with Crippen LogP contribution in [0.3, 0.4) is 0 Å². The molecule has 2 aromatic rings. The lowest BCUT2D eigenvalue weighted by Crippen LogP contribution is -2.04. The third-order valence-electron chi connectivity index (χ3n) is 2.12. The molecule has 74 valence electrons. The van der Waals surface area contributed by atoms with E-state index in [9.17, 15) is 0 Å². The minimum absolute atomic E-state index is 0. The Labute approximate surface area is 93.7 Å². The average molecular weight is 226 g/mol. The van der Waals surface area contributed by atoms with Gasteiger partial charge in [-0.1, -0.05) is 24.3 Å². The molecular weight excluding hydrogens is 214 g/mol. The Morgan fingerprint density at radius 1 is 1.36 bits per heavy atom. The minimum atomic E-state index is -0.0452. The molecule has 0 fully saturated rings. The van der Waals surface area contributed by atoms with Gasteiger partial charge in [0.2, 0.25) is 0 Å². The molecule has 1 atom stereocenters. The number of fused-ring (bicyclic) bond motifs is 1. The van der Waals surface area contributed by atoms with Crippen molar-refractivity contribution in [1.29, 1.82) is 0 Å². The summed E-state index contributed by atoms with van der Waals surface area (Å²) in [5.41, 5.74) is 7.07. The molecule has 1 aromatic carbocycles. The zero-order valence-electron chi connectivity index (χ0n) is 7.64. The summed E-state index contributed by atoms with van der Waals surface area (Å²) in [4.78, 5) is 0. The average Bonchev–Trinajstić information content (AvgIpc) is 2.60. The first-order valence-corrected chi connectivity index (χ1v) is 5.05. The topological polar surface area (TPSA) is 26.0 Å². The van der Waals surface area contributed by atoms with Crippen LogP contribution in [-0.2, 0) is 0 Å². The van der Waals surface area contributed by atoms with Gasteiger partial charge in [-0.3, -0.25) is 0 Å². The third kappa shape index (κ3) is 1.82. The van der Waals surface area contributed by atoms with E-state index in [0.29, 0.717) is 0 Å². The molecule has 0 unspecified atom stereocenters. The molecule has 0 bridgehead atoms. The fourth-order valence-electron chi connectivity index (χ4n) is 1.38. The van der Waals surface area contributed by atoms with Gasteiger partial charge in [0, 0.05) is 10.7 Å². The van der Waals surface area contributed by atoms with E-state index >= 15 is 0 Å². The second-order valence-electron chi connectivity index (χ2n) is 2.95. The molecule has 0 aliphatic carbocycles. The van der Waals surface area contributed by atoms with Crippen molar-refractivity contribution in [2.45, 2.75) is 6.04 Å². The molecule has 1 aromatic heterocycles. The van der Waals surface area contributed by atoms with Gasteiger partial charge in [0.25, 0.3) is 0 Å². The number of rotatable bonds is 2. The summed E-state index contributed by atoms with van der Waals surface area (Å²) in [6, 6.07) is 8.25. The lowest BCUT2D eigenvalue weighted by molar-refractivity contribution is 0.930. The highest BCUT2D eigenvalue weighted by atomic mass is 35.5. The van der Waals surface area contributed by atoms with Gasteiger partial charge in [0.1, 0.15) is 0 Å². The molecule has 2 N–H and O–H groups in total. The van der Waals surface area contributed by atoms with E-state index in [0.717, 1.165) is 0 Å². The number of thiophene rings is 1. The van der Waals surface area contributed by atoms with Crippen LogP contribution in [0.5, 0.6) is 0 Å². The predicted molar refractivity (Wildman–Crippen MR) is 66.2 cm³/mol. The quantitative estimate of drug-likeness (QED) is 0.778. The number of hydrogen-bond acceptors (Lipinski definition) is 2. The Morgan fingerprint density at radius 2 is 2.07 bits per heavy atom. The van der Waals surface area contributed by atoms with Crippen molar-refractivity contribution in [2.24, 2.45) is 5.73 Å². The molecule has 3 heteroatoms. The maximum absolute atomic E-state index is 5.89. The van der Waals surface area contributed by atoms with Crippen LogP contribution in [0.2, 0.25) is 0 Å². The first kappa shape index (κ1) is 11.2. The first-order chi connectivity index (χ1) is 6.33. The lowest BCUT2D eigenvalue weighted by Gasteiger charge is -2.03. The van der Waals surface area contributed by atoms with Gasteiger partial charge in [-0.2, -0.15) is 0 Å². The highest BCUT2D eigenvalue weighted by Crippen LogP contribution is 2.29. The molecule has 0 amide bonds. The van der Waals surface area contributed by atoms with Crippen LogP contribution >= 0.6 is 23.7 Å². The lowest BCUT2D eigenvalue weighted by atomic mass is 10.1. The number of halogens is 1. The van der Waals surface area contributed by atoms with Crippen molar-refractivity contribution in [3.63, 3.8) is 0 Å². The van der Waals surface area contributed by atoms with Gasteiger partial charge in [-0.15, -0.1) is 30.3 Å². The SMILES string of the molecule is C=C[C@@H](N)c1csc2ccccc12.Cl.